The molecular formula is C20H23N3O2. The first-order valence-electron chi connectivity index (χ1n) is 8.85. The van der Waals surface area contributed by atoms with E-state index in [1.807, 2.05) is 0 Å². The van der Waals surface area contributed by atoms with Crippen molar-refractivity contribution in [3.05, 3.63) is 59.8 Å². The molecule has 2 aromatic rings. The zero-order valence-corrected chi connectivity index (χ0v) is 14.3. The lowest BCUT2D eigenvalue weighted by Gasteiger charge is -2.25. The zero-order chi connectivity index (χ0) is 17.3. The molecule has 2 saturated heterocycles. The third-order valence-corrected chi connectivity index (χ3v) is 5.52. The monoisotopic (exact) mass is 337 g/mol. The van der Waals surface area contributed by atoms with Crippen LogP contribution < -0.4 is 4.90 Å². The van der Waals surface area contributed by atoms with Crippen molar-refractivity contribution in [3.8, 4) is 0 Å². The lowest BCUT2D eigenvalue weighted by Crippen LogP contribution is -2.31. The van der Waals surface area contributed by atoms with Crippen LogP contribution in [0, 0.1) is 5.41 Å². The van der Waals surface area contributed by atoms with Crippen LogP contribution in [0.2, 0.25) is 0 Å². The summed E-state index contributed by atoms with van der Waals surface area (Å²) in [7, 11) is 0. The van der Waals surface area contributed by atoms with Crippen LogP contribution in [0.3, 0.4) is 0 Å². The van der Waals surface area contributed by atoms with Crippen LogP contribution >= 0.6 is 0 Å². The van der Waals surface area contributed by atoms with Gasteiger partial charge in [-0.2, -0.15) is 0 Å². The van der Waals surface area contributed by atoms with Crippen molar-refractivity contribution < 1.29 is 9.90 Å². The summed E-state index contributed by atoms with van der Waals surface area (Å²) in [6.45, 7) is 4.96. The molecule has 0 radical (unpaired) electrons. The lowest BCUT2D eigenvalue weighted by atomic mass is 9.86. The first-order chi connectivity index (χ1) is 12.2. The maximum Gasteiger partial charge on any atom is 0.339 e. The highest BCUT2D eigenvalue weighted by Crippen LogP contribution is 2.41. The van der Waals surface area contributed by atoms with E-state index in [2.05, 4.69) is 45.1 Å². The number of carboxylic acids is 1. The molecule has 4 rings (SSSR count). The highest BCUT2D eigenvalue weighted by Gasteiger charge is 2.44. The van der Waals surface area contributed by atoms with E-state index in [-0.39, 0.29) is 5.41 Å². The fraction of sp³-hybridized carbons (Fsp3) is 0.400. The molecule has 1 unspecified atom stereocenters. The Balaban J connectivity index is 1.45. The second kappa shape index (κ2) is 6.48. The summed E-state index contributed by atoms with van der Waals surface area (Å²) in [6, 6.07) is 13.9. The molecule has 5 nitrogen and oxygen atoms in total. The number of benzene rings is 1. The minimum Gasteiger partial charge on any atom is -0.478 e. The summed E-state index contributed by atoms with van der Waals surface area (Å²) < 4.78 is 0. The zero-order valence-electron chi connectivity index (χ0n) is 14.3. The molecule has 5 heteroatoms. The first-order valence-corrected chi connectivity index (χ1v) is 8.85. The van der Waals surface area contributed by atoms with E-state index < -0.39 is 5.97 Å². The average Bonchev–Trinajstić information content (AvgIpc) is 3.23. The third-order valence-electron chi connectivity index (χ3n) is 5.52. The summed E-state index contributed by atoms with van der Waals surface area (Å²) in [6.07, 6.45) is 3.96. The summed E-state index contributed by atoms with van der Waals surface area (Å²) in [5, 5.41) is 9.41. The standard InChI is InChI=1S/C20H23N3O2/c24-19(25)17-7-4-10-21-18(17)23-12-9-20(15-23)8-11-22(14-20)13-16-5-2-1-3-6-16/h1-7,10H,8-9,11-15H2,(H,24,25). The predicted octanol–water partition coefficient (Wildman–Crippen LogP) is 2.88. The van der Waals surface area contributed by atoms with Crippen molar-refractivity contribution in [3.63, 3.8) is 0 Å². The normalized spacial score (nSPS) is 23.4. The minimum absolute atomic E-state index is 0.266. The van der Waals surface area contributed by atoms with Gasteiger partial charge in [0, 0.05) is 37.8 Å². The third kappa shape index (κ3) is 3.24. The number of nitrogens with zero attached hydrogens (tertiary/aromatic N) is 3. The first kappa shape index (κ1) is 16.1. The Morgan fingerprint density at radius 3 is 2.68 bits per heavy atom. The molecule has 25 heavy (non-hydrogen) atoms. The van der Waals surface area contributed by atoms with Crippen LogP contribution in [0.25, 0.3) is 0 Å². The van der Waals surface area contributed by atoms with E-state index in [4.69, 9.17) is 0 Å². The van der Waals surface area contributed by atoms with Gasteiger partial charge in [-0.05, 0) is 37.1 Å². The van der Waals surface area contributed by atoms with E-state index in [1.54, 1.807) is 18.3 Å². The van der Waals surface area contributed by atoms with Gasteiger partial charge in [-0.15, -0.1) is 0 Å². The van der Waals surface area contributed by atoms with Crippen LogP contribution in [0.15, 0.2) is 48.7 Å². The molecule has 3 heterocycles. The molecule has 2 aliphatic rings. The smallest absolute Gasteiger partial charge is 0.339 e. The number of carboxylic acid groups (broad SMARTS) is 1. The van der Waals surface area contributed by atoms with Gasteiger partial charge >= 0.3 is 5.97 Å². The van der Waals surface area contributed by atoms with Gasteiger partial charge in [-0.25, -0.2) is 9.78 Å². The Kier molecular flexibility index (Phi) is 4.17. The van der Waals surface area contributed by atoms with Crippen LogP contribution in [0.4, 0.5) is 5.82 Å². The van der Waals surface area contributed by atoms with E-state index in [1.165, 1.54) is 12.0 Å². The topological polar surface area (TPSA) is 56.7 Å². The second-order valence-electron chi connectivity index (χ2n) is 7.30. The number of aromatic carboxylic acids is 1. The van der Waals surface area contributed by atoms with Crippen LogP contribution in [0.5, 0.6) is 0 Å². The van der Waals surface area contributed by atoms with Crippen molar-refractivity contribution in [2.75, 3.05) is 31.1 Å². The molecule has 1 atom stereocenters. The van der Waals surface area contributed by atoms with Gasteiger partial charge in [-0.3, -0.25) is 4.90 Å². The largest absolute Gasteiger partial charge is 0.478 e. The van der Waals surface area contributed by atoms with Crippen molar-refractivity contribution in [2.24, 2.45) is 5.41 Å². The Hall–Kier alpha value is -2.40. The number of hydrogen-bond donors (Lipinski definition) is 1. The van der Waals surface area contributed by atoms with E-state index in [0.29, 0.717) is 11.4 Å². The molecule has 0 aliphatic carbocycles. The summed E-state index contributed by atoms with van der Waals surface area (Å²) in [5.74, 6) is -0.283. The Morgan fingerprint density at radius 1 is 1.08 bits per heavy atom. The fourth-order valence-corrected chi connectivity index (χ4v) is 4.27. The predicted molar refractivity (Wildman–Crippen MR) is 96.8 cm³/mol. The average molecular weight is 337 g/mol. The number of rotatable bonds is 4. The summed E-state index contributed by atoms with van der Waals surface area (Å²) in [4.78, 5) is 20.5. The second-order valence-corrected chi connectivity index (χ2v) is 7.30. The maximum absolute atomic E-state index is 11.5. The van der Waals surface area contributed by atoms with Gasteiger partial charge in [0.15, 0.2) is 0 Å². The van der Waals surface area contributed by atoms with Gasteiger partial charge < -0.3 is 10.0 Å². The quantitative estimate of drug-likeness (QED) is 0.930. The molecule has 2 fully saturated rings. The molecule has 0 saturated carbocycles. The number of aromatic nitrogens is 1. The van der Waals surface area contributed by atoms with E-state index >= 15 is 0 Å². The Morgan fingerprint density at radius 2 is 1.88 bits per heavy atom. The number of hydrogen-bond acceptors (Lipinski definition) is 4. The van der Waals surface area contributed by atoms with Gasteiger partial charge in [0.05, 0.1) is 0 Å². The van der Waals surface area contributed by atoms with E-state index in [9.17, 15) is 9.90 Å². The molecule has 0 amide bonds. The van der Waals surface area contributed by atoms with Crippen LogP contribution in [-0.4, -0.2) is 47.1 Å². The number of anilines is 1. The minimum atomic E-state index is -0.902. The van der Waals surface area contributed by atoms with Crippen molar-refractivity contribution in [2.45, 2.75) is 19.4 Å². The summed E-state index contributed by atoms with van der Waals surface area (Å²) >= 11 is 0. The molecule has 1 aromatic carbocycles. The molecule has 1 aromatic heterocycles. The highest BCUT2D eigenvalue weighted by atomic mass is 16.4. The van der Waals surface area contributed by atoms with Crippen molar-refractivity contribution in [1.29, 1.82) is 0 Å². The molecule has 1 N–H and O–H groups in total. The Bertz CT molecular complexity index is 765. The summed E-state index contributed by atoms with van der Waals surface area (Å²) in [5.41, 5.74) is 1.92. The van der Waals surface area contributed by atoms with Crippen molar-refractivity contribution in [1.82, 2.24) is 9.88 Å². The lowest BCUT2D eigenvalue weighted by molar-refractivity contribution is 0.0697. The molecule has 1 spiro atoms. The molecule has 130 valence electrons. The van der Waals surface area contributed by atoms with Gasteiger partial charge in [0.1, 0.15) is 11.4 Å². The van der Waals surface area contributed by atoms with Crippen molar-refractivity contribution >= 4 is 11.8 Å². The van der Waals surface area contributed by atoms with Gasteiger partial charge in [0.25, 0.3) is 0 Å². The number of likely N-dealkylation sites (tertiary alicyclic amines) is 1. The SMILES string of the molecule is O=C(O)c1cccnc1N1CCC2(CCN(Cc3ccccc3)C2)C1. The fourth-order valence-electron chi connectivity index (χ4n) is 4.27. The molecule has 2 aliphatic heterocycles. The van der Waals surface area contributed by atoms with Gasteiger partial charge in [0.2, 0.25) is 0 Å². The van der Waals surface area contributed by atoms with Crippen LogP contribution in [0.1, 0.15) is 28.8 Å². The number of carbonyl (C=O) groups is 1. The Labute approximate surface area is 147 Å². The number of pyridine rings is 1. The van der Waals surface area contributed by atoms with E-state index in [0.717, 1.165) is 39.1 Å². The van der Waals surface area contributed by atoms with Gasteiger partial charge in [-0.1, -0.05) is 30.3 Å². The molecular weight excluding hydrogens is 314 g/mol. The molecule has 0 bridgehead atoms. The maximum atomic E-state index is 11.5. The highest BCUT2D eigenvalue weighted by molar-refractivity contribution is 5.93. The van der Waals surface area contributed by atoms with Crippen LogP contribution in [-0.2, 0) is 6.54 Å².